The van der Waals surface area contributed by atoms with E-state index in [0.29, 0.717) is 0 Å². The zero-order valence-corrected chi connectivity index (χ0v) is 7.70. The number of methoxy groups -OCH3 is 1. The van der Waals surface area contributed by atoms with E-state index in [2.05, 4.69) is 9.97 Å². The van der Waals surface area contributed by atoms with Gasteiger partial charge in [-0.15, -0.1) is 0 Å². The Morgan fingerprint density at radius 1 is 1.36 bits per heavy atom. The lowest BCUT2D eigenvalue weighted by atomic mass is 10.1. The first-order valence-corrected chi connectivity index (χ1v) is 4.22. The van der Waals surface area contributed by atoms with Gasteiger partial charge in [0.1, 0.15) is 5.75 Å². The summed E-state index contributed by atoms with van der Waals surface area (Å²) in [6.45, 7) is 0. The predicted octanol–water partition coefficient (Wildman–Crippen LogP) is 1.38. The van der Waals surface area contributed by atoms with Gasteiger partial charge in [0.2, 0.25) is 0 Å². The Kier molecular flexibility index (Phi) is 2.10. The van der Waals surface area contributed by atoms with Gasteiger partial charge in [0.25, 0.3) is 0 Å². The predicted molar refractivity (Wildman–Crippen MR) is 53.4 cm³/mol. The first-order valence-electron chi connectivity index (χ1n) is 4.22. The molecule has 0 aliphatic heterocycles. The fourth-order valence-corrected chi connectivity index (χ4v) is 1.28. The second kappa shape index (κ2) is 3.41. The maximum absolute atomic E-state index is 10.9. The molecule has 0 spiro atoms. The van der Waals surface area contributed by atoms with Gasteiger partial charge in [-0.1, -0.05) is 12.1 Å². The zero-order valence-electron chi connectivity index (χ0n) is 7.70. The largest absolute Gasteiger partial charge is 0.497 e. The minimum absolute atomic E-state index is 0.206. The average Bonchev–Trinajstić information content (AvgIpc) is 2.65. The van der Waals surface area contributed by atoms with Crippen molar-refractivity contribution in [3.8, 4) is 17.0 Å². The number of aromatic amines is 2. The van der Waals surface area contributed by atoms with Crippen molar-refractivity contribution in [1.29, 1.82) is 0 Å². The maximum atomic E-state index is 10.9. The summed E-state index contributed by atoms with van der Waals surface area (Å²) in [4.78, 5) is 16.1. The molecule has 0 saturated heterocycles. The van der Waals surface area contributed by atoms with Crippen LogP contribution in [0.3, 0.4) is 0 Å². The van der Waals surface area contributed by atoms with Crippen molar-refractivity contribution in [2.24, 2.45) is 0 Å². The molecule has 2 rings (SSSR count). The normalized spacial score (nSPS) is 10.1. The molecule has 1 aromatic heterocycles. The second-order valence-corrected chi connectivity index (χ2v) is 2.89. The quantitative estimate of drug-likeness (QED) is 0.751. The number of imidazole rings is 1. The molecule has 0 amide bonds. The molecule has 0 aliphatic rings. The average molecular weight is 190 g/mol. The van der Waals surface area contributed by atoms with Crippen molar-refractivity contribution in [1.82, 2.24) is 9.97 Å². The standard InChI is InChI=1S/C10H10N2O2/c1-14-8-4-2-3-7(5-8)9-6-11-10(13)12-9/h2-6H,1H3,(H2,11,12,13). The molecule has 0 bridgehead atoms. The van der Waals surface area contributed by atoms with Crippen LogP contribution in [0, 0.1) is 0 Å². The number of hydrogen-bond donors (Lipinski definition) is 2. The molecule has 4 nitrogen and oxygen atoms in total. The van der Waals surface area contributed by atoms with Crippen molar-refractivity contribution in [2.75, 3.05) is 7.11 Å². The molecular weight excluding hydrogens is 180 g/mol. The van der Waals surface area contributed by atoms with Gasteiger partial charge in [0.15, 0.2) is 0 Å². The van der Waals surface area contributed by atoms with Crippen LogP contribution in [0.25, 0.3) is 11.3 Å². The van der Waals surface area contributed by atoms with Crippen LogP contribution in [0.1, 0.15) is 0 Å². The zero-order chi connectivity index (χ0) is 9.97. The Hall–Kier alpha value is -1.97. The molecule has 0 fully saturated rings. The highest BCUT2D eigenvalue weighted by Gasteiger charge is 2.00. The minimum atomic E-state index is -0.206. The molecule has 0 unspecified atom stereocenters. The van der Waals surface area contributed by atoms with Gasteiger partial charge in [-0.05, 0) is 12.1 Å². The molecular formula is C10H10N2O2. The summed E-state index contributed by atoms with van der Waals surface area (Å²) >= 11 is 0. The summed E-state index contributed by atoms with van der Waals surface area (Å²) in [6, 6.07) is 7.49. The first-order chi connectivity index (χ1) is 6.79. The Bertz CT molecular complexity index is 485. The Labute approximate surface area is 80.6 Å². The van der Waals surface area contributed by atoms with Crippen molar-refractivity contribution >= 4 is 0 Å². The molecule has 0 atom stereocenters. The van der Waals surface area contributed by atoms with Gasteiger partial charge in [-0.2, -0.15) is 0 Å². The molecule has 4 heteroatoms. The summed E-state index contributed by atoms with van der Waals surface area (Å²) in [6.07, 6.45) is 1.64. The fraction of sp³-hybridized carbons (Fsp3) is 0.100. The third-order valence-corrected chi connectivity index (χ3v) is 1.98. The second-order valence-electron chi connectivity index (χ2n) is 2.89. The van der Waals surface area contributed by atoms with E-state index < -0.39 is 0 Å². The molecule has 0 radical (unpaired) electrons. The Morgan fingerprint density at radius 3 is 2.86 bits per heavy atom. The van der Waals surface area contributed by atoms with E-state index >= 15 is 0 Å². The van der Waals surface area contributed by atoms with Crippen molar-refractivity contribution < 1.29 is 4.74 Å². The molecule has 14 heavy (non-hydrogen) atoms. The molecule has 1 heterocycles. The van der Waals surface area contributed by atoms with Crippen LogP contribution in [0.15, 0.2) is 35.3 Å². The third kappa shape index (κ3) is 1.54. The Balaban J connectivity index is 2.46. The van der Waals surface area contributed by atoms with Gasteiger partial charge < -0.3 is 14.7 Å². The van der Waals surface area contributed by atoms with Gasteiger partial charge in [0, 0.05) is 11.8 Å². The molecule has 0 saturated carbocycles. The maximum Gasteiger partial charge on any atom is 0.323 e. The summed E-state index contributed by atoms with van der Waals surface area (Å²) in [7, 11) is 1.61. The van der Waals surface area contributed by atoms with Crippen LogP contribution < -0.4 is 10.4 Å². The van der Waals surface area contributed by atoms with E-state index in [0.717, 1.165) is 17.0 Å². The number of benzene rings is 1. The highest BCUT2D eigenvalue weighted by Crippen LogP contribution is 2.20. The summed E-state index contributed by atoms with van der Waals surface area (Å²) < 4.78 is 5.08. The first kappa shape index (κ1) is 8.62. The lowest BCUT2D eigenvalue weighted by Gasteiger charge is -2.01. The van der Waals surface area contributed by atoms with Gasteiger partial charge in [-0.25, -0.2) is 4.79 Å². The number of nitrogens with one attached hydrogen (secondary N) is 2. The SMILES string of the molecule is COc1cccc(-c2c[nH]c(=O)[nH]2)c1. The van der Waals surface area contributed by atoms with E-state index in [1.807, 2.05) is 24.3 Å². The van der Waals surface area contributed by atoms with Gasteiger partial charge in [0.05, 0.1) is 12.8 Å². The van der Waals surface area contributed by atoms with E-state index in [1.54, 1.807) is 13.3 Å². The number of aromatic nitrogens is 2. The minimum Gasteiger partial charge on any atom is -0.497 e. The topological polar surface area (TPSA) is 57.9 Å². The third-order valence-electron chi connectivity index (χ3n) is 1.98. The van der Waals surface area contributed by atoms with Gasteiger partial charge in [-0.3, -0.25) is 0 Å². The van der Waals surface area contributed by atoms with Crippen LogP contribution in [-0.4, -0.2) is 17.1 Å². The van der Waals surface area contributed by atoms with Crippen molar-refractivity contribution in [3.05, 3.63) is 40.9 Å². The van der Waals surface area contributed by atoms with Crippen molar-refractivity contribution in [3.63, 3.8) is 0 Å². The van der Waals surface area contributed by atoms with E-state index in [9.17, 15) is 4.79 Å². The van der Waals surface area contributed by atoms with Crippen LogP contribution >= 0.6 is 0 Å². The van der Waals surface area contributed by atoms with E-state index in [4.69, 9.17) is 4.74 Å². The highest BCUT2D eigenvalue weighted by molar-refractivity contribution is 5.60. The fourth-order valence-electron chi connectivity index (χ4n) is 1.28. The van der Waals surface area contributed by atoms with Crippen LogP contribution in [-0.2, 0) is 0 Å². The number of hydrogen-bond acceptors (Lipinski definition) is 2. The monoisotopic (exact) mass is 190 g/mol. The molecule has 72 valence electrons. The molecule has 1 aromatic carbocycles. The van der Waals surface area contributed by atoms with Gasteiger partial charge >= 0.3 is 5.69 Å². The summed E-state index contributed by atoms with van der Waals surface area (Å²) in [5.74, 6) is 0.768. The molecule has 2 aromatic rings. The number of H-pyrrole nitrogens is 2. The number of rotatable bonds is 2. The Morgan fingerprint density at radius 2 is 2.21 bits per heavy atom. The molecule has 2 N–H and O–H groups in total. The van der Waals surface area contributed by atoms with Crippen LogP contribution in [0.2, 0.25) is 0 Å². The lowest BCUT2D eigenvalue weighted by Crippen LogP contribution is -1.99. The van der Waals surface area contributed by atoms with Crippen LogP contribution in [0.5, 0.6) is 5.75 Å². The van der Waals surface area contributed by atoms with E-state index in [1.165, 1.54) is 0 Å². The molecule has 0 aliphatic carbocycles. The number of ether oxygens (including phenoxy) is 1. The smallest absolute Gasteiger partial charge is 0.323 e. The summed E-state index contributed by atoms with van der Waals surface area (Å²) in [5, 5.41) is 0. The van der Waals surface area contributed by atoms with Crippen LogP contribution in [0.4, 0.5) is 0 Å². The van der Waals surface area contributed by atoms with Crippen molar-refractivity contribution in [2.45, 2.75) is 0 Å². The summed E-state index contributed by atoms with van der Waals surface area (Å²) in [5.41, 5.74) is 1.47. The van der Waals surface area contributed by atoms with E-state index in [-0.39, 0.29) is 5.69 Å². The lowest BCUT2D eigenvalue weighted by molar-refractivity contribution is 0.415. The highest BCUT2D eigenvalue weighted by atomic mass is 16.5.